The molecule has 0 amide bonds. The fourth-order valence-electron chi connectivity index (χ4n) is 1.98. The van der Waals surface area contributed by atoms with Crippen molar-refractivity contribution in [2.45, 2.75) is 19.3 Å². The van der Waals surface area contributed by atoms with Gasteiger partial charge in [-0.2, -0.15) is 11.8 Å². The number of aromatic nitrogens is 2. The summed E-state index contributed by atoms with van der Waals surface area (Å²) < 4.78 is 5.06. The summed E-state index contributed by atoms with van der Waals surface area (Å²) in [6, 6.07) is 0. The van der Waals surface area contributed by atoms with Gasteiger partial charge in [-0.05, 0) is 30.3 Å². The lowest BCUT2D eigenvalue weighted by Crippen LogP contribution is -2.16. The topological polar surface area (TPSA) is 52.1 Å². The second kappa shape index (κ2) is 6.00. The van der Waals surface area contributed by atoms with Gasteiger partial charge in [-0.1, -0.05) is 0 Å². The van der Waals surface area contributed by atoms with Crippen LogP contribution in [0.1, 0.15) is 29.8 Å². The van der Waals surface area contributed by atoms with E-state index in [2.05, 4.69) is 9.97 Å². The molecule has 92 valence electrons. The molecule has 4 nitrogen and oxygen atoms in total. The second-order valence-electron chi connectivity index (χ2n) is 4.10. The summed E-state index contributed by atoms with van der Waals surface area (Å²) in [6.07, 6.45) is 5.88. The minimum Gasteiger partial charge on any atom is -0.479 e. The van der Waals surface area contributed by atoms with Crippen LogP contribution in [0.2, 0.25) is 0 Å². The Bertz CT molecular complexity index is 392. The number of nitrogens with zero attached hydrogens (tertiary/aromatic N) is 2. The number of methoxy groups -OCH3 is 1. The van der Waals surface area contributed by atoms with E-state index in [1.165, 1.54) is 19.5 Å². The highest BCUT2D eigenvalue weighted by Gasteiger charge is 2.21. The first-order valence-electron chi connectivity index (χ1n) is 5.77. The fourth-order valence-corrected chi connectivity index (χ4v) is 3.18. The third-order valence-electron chi connectivity index (χ3n) is 2.94. The van der Waals surface area contributed by atoms with Gasteiger partial charge in [-0.15, -0.1) is 0 Å². The Morgan fingerprint density at radius 1 is 1.41 bits per heavy atom. The van der Waals surface area contributed by atoms with Crippen molar-refractivity contribution >= 4 is 17.5 Å². The zero-order chi connectivity index (χ0) is 12.1. The lowest BCUT2D eigenvalue weighted by Gasteiger charge is -2.20. The molecule has 0 spiro atoms. The maximum Gasteiger partial charge on any atom is 0.243 e. The summed E-state index contributed by atoms with van der Waals surface area (Å²) in [5, 5.41) is 0. The van der Waals surface area contributed by atoms with E-state index in [0.29, 0.717) is 23.9 Å². The van der Waals surface area contributed by atoms with Crippen LogP contribution in [0.5, 0.6) is 5.88 Å². The van der Waals surface area contributed by atoms with Gasteiger partial charge in [0, 0.05) is 18.8 Å². The van der Waals surface area contributed by atoms with E-state index >= 15 is 0 Å². The number of thioether (sulfide) groups is 1. The van der Waals surface area contributed by atoms with Gasteiger partial charge in [0.25, 0.3) is 0 Å². The second-order valence-corrected chi connectivity index (χ2v) is 5.32. The van der Waals surface area contributed by atoms with Crippen LogP contribution >= 0.6 is 11.8 Å². The number of hydrogen-bond donors (Lipinski definition) is 0. The average Bonchev–Trinajstić information content (AvgIpc) is 2.40. The predicted octanol–water partition coefficient (Wildman–Crippen LogP) is 2.20. The van der Waals surface area contributed by atoms with E-state index in [1.807, 2.05) is 11.8 Å². The largest absolute Gasteiger partial charge is 0.479 e. The van der Waals surface area contributed by atoms with Crippen molar-refractivity contribution in [1.82, 2.24) is 9.97 Å². The molecule has 17 heavy (non-hydrogen) atoms. The summed E-state index contributed by atoms with van der Waals surface area (Å²) in [5.41, 5.74) is 0.369. The molecule has 0 aliphatic carbocycles. The molecule has 1 aliphatic rings. The lowest BCUT2D eigenvalue weighted by molar-refractivity contribution is 0.0949. The Morgan fingerprint density at radius 3 is 2.82 bits per heavy atom. The van der Waals surface area contributed by atoms with Crippen molar-refractivity contribution in [3.63, 3.8) is 0 Å². The molecule has 0 radical (unpaired) electrons. The molecule has 0 unspecified atom stereocenters. The lowest BCUT2D eigenvalue weighted by atomic mass is 9.95. The summed E-state index contributed by atoms with van der Waals surface area (Å²) >= 11 is 1.97. The van der Waals surface area contributed by atoms with Crippen molar-refractivity contribution < 1.29 is 9.53 Å². The quantitative estimate of drug-likeness (QED) is 0.769. The zero-order valence-electron chi connectivity index (χ0n) is 9.89. The summed E-state index contributed by atoms with van der Waals surface area (Å²) in [7, 11) is 1.51. The van der Waals surface area contributed by atoms with Crippen molar-refractivity contribution in [1.29, 1.82) is 0 Å². The number of Topliss-reactive ketones (excluding diaryl/α,β-unsaturated/α-hetero) is 1. The van der Waals surface area contributed by atoms with Crippen molar-refractivity contribution in [3.8, 4) is 5.88 Å². The first kappa shape index (κ1) is 12.4. The van der Waals surface area contributed by atoms with Crippen molar-refractivity contribution in [3.05, 3.63) is 18.1 Å². The van der Waals surface area contributed by atoms with Crippen LogP contribution in [-0.4, -0.2) is 34.4 Å². The molecule has 1 aromatic rings. The maximum absolute atomic E-state index is 12.1. The Hall–Kier alpha value is -1.10. The summed E-state index contributed by atoms with van der Waals surface area (Å²) in [5.74, 6) is 3.20. The van der Waals surface area contributed by atoms with Gasteiger partial charge in [0.1, 0.15) is 0 Å². The SMILES string of the molecule is COc1nccnc1C(=O)CC1CCSCC1. The molecular formula is C12H16N2O2S. The zero-order valence-corrected chi connectivity index (χ0v) is 10.7. The monoisotopic (exact) mass is 252 g/mol. The molecule has 2 heterocycles. The van der Waals surface area contributed by atoms with Crippen LogP contribution < -0.4 is 4.74 Å². The van der Waals surface area contributed by atoms with E-state index in [0.717, 1.165) is 24.3 Å². The standard InChI is InChI=1S/C12H16N2O2S/c1-16-12-11(13-4-5-14-12)10(15)8-9-2-6-17-7-3-9/h4-5,9H,2-3,6-8H2,1H3. The first-order valence-corrected chi connectivity index (χ1v) is 6.92. The van der Waals surface area contributed by atoms with Gasteiger partial charge in [0.2, 0.25) is 5.88 Å². The number of carbonyl (C=O) groups excluding carboxylic acids is 1. The molecule has 0 aromatic carbocycles. The maximum atomic E-state index is 12.1. The van der Waals surface area contributed by atoms with E-state index in [-0.39, 0.29) is 5.78 Å². The van der Waals surface area contributed by atoms with Gasteiger partial charge >= 0.3 is 0 Å². The highest BCUT2D eigenvalue weighted by atomic mass is 32.2. The number of hydrogen-bond acceptors (Lipinski definition) is 5. The van der Waals surface area contributed by atoms with Gasteiger partial charge in [-0.25, -0.2) is 9.97 Å². The summed E-state index contributed by atoms with van der Waals surface area (Å²) in [4.78, 5) is 20.2. The molecule has 1 aliphatic heterocycles. The number of carbonyl (C=O) groups is 1. The van der Waals surface area contributed by atoms with Gasteiger partial charge in [0.05, 0.1) is 7.11 Å². The Balaban J connectivity index is 2.03. The Morgan fingerprint density at radius 2 is 2.12 bits per heavy atom. The van der Waals surface area contributed by atoms with Crippen LogP contribution in [0.15, 0.2) is 12.4 Å². The highest BCUT2D eigenvalue weighted by molar-refractivity contribution is 7.99. The van der Waals surface area contributed by atoms with Gasteiger partial charge in [0.15, 0.2) is 11.5 Å². The molecule has 5 heteroatoms. The van der Waals surface area contributed by atoms with E-state index in [9.17, 15) is 4.79 Å². The predicted molar refractivity (Wildman–Crippen MR) is 67.6 cm³/mol. The van der Waals surface area contributed by atoms with Crippen LogP contribution in [0, 0.1) is 5.92 Å². The molecule has 1 fully saturated rings. The molecule has 1 aromatic heterocycles. The minimum atomic E-state index is 0.0480. The molecule has 0 atom stereocenters. The Labute approximate surface area is 105 Å². The molecule has 0 saturated carbocycles. The average molecular weight is 252 g/mol. The van der Waals surface area contributed by atoms with Gasteiger partial charge < -0.3 is 4.74 Å². The highest BCUT2D eigenvalue weighted by Crippen LogP contribution is 2.27. The molecule has 0 bridgehead atoms. The van der Waals surface area contributed by atoms with Crippen LogP contribution in [0.25, 0.3) is 0 Å². The van der Waals surface area contributed by atoms with Gasteiger partial charge in [-0.3, -0.25) is 4.79 Å². The van der Waals surface area contributed by atoms with E-state index < -0.39 is 0 Å². The van der Waals surface area contributed by atoms with E-state index in [4.69, 9.17) is 4.74 Å². The number of rotatable bonds is 4. The number of ketones is 1. The summed E-state index contributed by atoms with van der Waals surface area (Å²) in [6.45, 7) is 0. The van der Waals surface area contributed by atoms with Crippen LogP contribution in [0.3, 0.4) is 0 Å². The normalized spacial score (nSPS) is 16.8. The smallest absolute Gasteiger partial charge is 0.243 e. The number of ether oxygens (including phenoxy) is 1. The van der Waals surface area contributed by atoms with Crippen LogP contribution in [-0.2, 0) is 0 Å². The molecular weight excluding hydrogens is 236 g/mol. The minimum absolute atomic E-state index is 0.0480. The fraction of sp³-hybridized carbons (Fsp3) is 0.583. The van der Waals surface area contributed by atoms with Crippen molar-refractivity contribution in [2.24, 2.45) is 5.92 Å². The molecule has 1 saturated heterocycles. The van der Waals surface area contributed by atoms with Crippen molar-refractivity contribution in [2.75, 3.05) is 18.6 Å². The molecule has 0 N–H and O–H groups in total. The van der Waals surface area contributed by atoms with E-state index in [1.54, 1.807) is 0 Å². The Kier molecular flexibility index (Phi) is 4.36. The third-order valence-corrected chi connectivity index (χ3v) is 3.99. The molecule has 2 rings (SSSR count). The first-order chi connectivity index (χ1) is 8.31. The third kappa shape index (κ3) is 3.19. The van der Waals surface area contributed by atoms with Crippen LogP contribution in [0.4, 0.5) is 0 Å².